The molecule has 0 aromatic heterocycles. The Hall–Kier alpha value is -3.00. The SMILES string of the molecule is COc1cc(/C=C(/C#N)c2ccc(C#N)cc2)cc(I)c1OCc1ccccc1Cl. The van der Waals surface area contributed by atoms with Gasteiger partial charge in [-0.2, -0.15) is 10.5 Å². The Morgan fingerprint density at radius 2 is 1.83 bits per heavy atom. The first-order chi connectivity index (χ1) is 14.5. The number of nitriles is 2. The summed E-state index contributed by atoms with van der Waals surface area (Å²) in [4.78, 5) is 0. The van der Waals surface area contributed by atoms with Gasteiger partial charge in [-0.05, 0) is 70.1 Å². The lowest BCUT2D eigenvalue weighted by Gasteiger charge is -2.14. The summed E-state index contributed by atoms with van der Waals surface area (Å²) in [5.74, 6) is 1.18. The number of nitrogens with zero attached hydrogens (tertiary/aromatic N) is 2. The summed E-state index contributed by atoms with van der Waals surface area (Å²) in [6, 6.07) is 22.5. The van der Waals surface area contributed by atoms with Crippen molar-refractivity contribution in [1.82, 2.24) is 0 Å². The minimum absolute atomic E-state index is 0.315. The highest BCUT2D eigenvalue weighted by atomic mass is 127. The maximum Gasteiger partial charge on any atom is 0.174 e. The van der Waals surface area contributed by atoms with Crippen molar-refractivity contribution in [2.75, 3.05) is 7.11 Å². The molecule has 3 rings (SSSR count). The van der Waals surface area contributed by atoms with E-state index in [-0.39, 0.29) is 0 Å². The minimum Gasteiger partial charge on any atom is -0.493 e. The highest BCUT2D eigenvalue weighted by molar-refractivity contribution is 14.1. The maximum absolute atomic E-state index is 9.60. The Balaban J connectivity index is 1.90. The molecule has 4 nitrogen and oxygen atoms in total. The number of hydrogen-bond acceptors (Lipinski definition) is 4. The summed E-state index contributed by atoms with van der Waals surface area (Å²) in [5.41, 5.74) is 3.47. The van der Waals surface area contributed by atoms with Gasteiger partial charge in [-0.15, -0.1) is 0 Å². The molecule has 6 heteroatoms. The molecule has 0 spiro atoms. The van der Waals surface area contributed by atoms with Crippen molar-refractivity contribution >= 4 is 45.8 Å². The number of benzene rings is 3. The molecule has 3 aromatic carbocycles. The molecule has 0 aliphatic carbocycles. The molecule has 0 aliphatic heterocycles. The second-order valence-corrected chi connectivity index (χ2v) is 7.84. The van der Waals surface area contributed by atoms with Crippen molar-refractivity contribution < 1.29 is 9.47 Å². The van der Waals surface area contributed by atoms with Crippen LogP contribution in [0.2, 0.25) is 5.02 Å². The van der Waals surface area contributed by atoms with Crippen LogP contribution in [0.4, 0.5) is 0 Å². The average molecular weight is 527 g/mol. The Labute approximate surface area is 194 Å². The highest BCUT2D eigenvalue weighted by Crippen LogP contribution is 2.36. The van der Waals surface area contributed by atoms with Gasteiger partial charge in [0, 0.05) is 10.6 Å². The lowest BCUT2D eigenvalue weighted by molar-refractivity contribution is 0.282. The van der Waals surface area contributed by atoms with Crippen LogP contribution in [0.3, 0.4) is 0 Å². The number of rotatable bonds is 6. The Bertz CT molecular complexity index is 1180. The largest absolute Gasteiger partial charge is 0.493 e. The molecule has 0 saturated carbocycles. The van der Waals surface area contributed by atoms with Crippen molar-refractivity contribution in [1.29, 1.82) is 10.5 Å². The topological polar surface area (TPSA) is 66.0 Å². The molecule has 0 bridgehead atoms. The van der Waals surface area contributed by atoms with Gasteiger partial charge < -0.3 is 9.47 Å². The fourth-order valence-electron chi connectivity index (χ4n) is 2.80. The number of ether oxygens (including phenoxy) is 2. The van der Waals surface area contributed by atoms with E-state index in [1.54, 1.807) is 37.5 Å². The van der Waals surface area contributed by atoms with Crippen LogP contribution >= 0.6 is 34.2 Å². The van der Waals surface area contributed by atoms with Gasteiger partial charge in [-0.25, -0.2) is 0 Å². The van der Waals surface area contributed by atoms with E-state index >= 15 is 0 Å². The van der Waals surface area contributed by atoms with E-state index in [1.165, 1.54) is 0 Å². The summed E-state index contributed by atoms with van der Waals surface area (Å²) in [7, 11) is 1.58. The van der Waals surface area contributed by atoms with Gasteiger partial charge in [0.05, 0.1) is 34.0 Å². The fourth-order valence-corrected chi connectivity index (χ4v) is 3.77. The molecule has 0 fully saturated rings. The first-order valence-electron chi connectivity index (χ1n) is 8.91. The Morgan fingerprint density at radius 3 is 2.47 bits per heavy atom. The summed E-state index contributed by atoms with van der Waals surface area (Å²) in [6.07, 6.45) is 1.78. The second-order valence-electron chi connectivity index (χ2n) is 6.27. The van der Waals surface area contributed by atoms with E-state index in [0.717, 1.165) is 20.3 Å². The van der Waals surface area contributed by atoms with Gasteiger partial charge >= 0.3 is 0 Å². The van der Waals surface area contributed by atoms with Gasteiger partial charge in [-0.3, -0.25) is 0 Å². The molecule has 0 amide bonds. The van der Waals surface area contributed by atoms with E-state index in [1.807, 2.05) is 36.4 Å². The van der Waals surface area contributed by atoms with Crippen LogP contribution in [-0.4, -0.2) is 7.11 Å². The monoisotopic (exact) mass is 526 g/mol. The van der Waals surface area contributed by atoms with Crippen LogP contribution in [0.15, 0.2) is 60.7 Å². The minimum atomic E-state index is 0.315. The van der Waals surface area contributed by atoms with Gasteiger partial charge in [0.15, 0.2) is 11.5 Å². The third-order valence-corrected chi connectivity index (χ3v) is 5.51. The van der Waals surface area contributed by atoms with Crippen LogP contribution < -0.4 is 9.47 Å². The van der Waals surface area contributed by atoms with E-state index in [4.69, 9.17) is 26.3 Å². The molecular formula is C24H16ClIN2O2. The summed E-state index contributed by atoms with van der Waals surface area (Å²) in [6.45, 7) is 0.315. The van der Waals surface area contributed by atoms with Gasteiger partial charge in [0.2, 0.25) is 0 Å². The second kappa shape index (κ2) is 10.2. The predicted octanol–water partition coefficient (Wildman–Crippen LogP) is 6.47. The predicted molar refractivity (Wildman–Crippen MR) is 126 cm³/mol. The number of hydrogen-bond donors (Lipinski definition) is 0. The van der Waals surface area contributed by atoms with Crippen LogP contribution in [-0.2, 0) is 6.61 Å². The standard InChI is InChI=1S/C24H16ClIN2O2/c1-29-23-12-17(10-20(14-28)18-8-6-16(13-27)7-9-18)11-22(26)24(23)30-15-19-4-2-3-5-21(19)25/h2-12H,15H2,1H3/b20-10-. The van der Waals surface area contributed by atoms with Crippen LogP contribution in [0, 0.1) is 26.2 Å². The third kappa shape index (κ3) is 5.13. The number of allylic oxidation sites excluding steroid dienone is 1. The Morgan fingerprint density at radius 1 is 1.10 bits per heavy atom. The molecule has 30 heavy (non-hydrogen) atoms. The van der Waals surface area contributed by atoms with Crippen LogP contribution in [0.25, 0.3) is 11.6 Å². The first kappa shape index (κ1) is 21.7. The first-order valence-corrected chi connectivity index (χ1v) is 10.4. The lowest BCUT2D eigenvalue weighted by Crippen LogP contribution is -2.00. The van der Waals surface area contributed by atoms with Crippen LogP contribution in [0.5, 0.6) is 11.5 Å². The Kier molecular flexibility index (Phi) is 7.35. The van der Waals surface area contributed by atoms with E-state index < -0.39 is 0 Å². The molecule has 0 atom stereocenters. The molecule has 0 radical (unpaired) electrons. The zero-order chi connectivity index (χ0) is 21.5. The normalized spacial score (nSPS) is 10.8. The highest BCUT2D eigenvalue weighted by Gasteiger charge is 2.13. The zero-order valence-electron chi connectivity index (χ0n) is 16.0. The summed E-state index contributed by atoms with van der Waals surface area (Å²) < 4.78 is 12.4. The van der Waals surface area contributed by atoms with Gasteiger partial charge in [0.1, 0.15) is 6.61 Å². The fraction of sp³-hybridized carbons (Fsp3) is 0.0833. The molecule has 0 heterocycles. The van der Waals surface area contributed by atoms with Crippen molar-refractivity contribution in [3.63, 3.8) is 0 Å². The summed E-state index contributed by atoms with van der Waals surface area (Å²) in [5, 5.41) is 19.2. The third-order valence-electron chi connectivity index (χ3n) is 4.34. The smallest absolute Gasteiger partial charge is 0.174 e. The zero-order valence-corrected chi connectivity index (χ0v) is 18.9. The molecule has 0 unspecified atom stereocenters. The van der Waals surface area contributed by atoms with Crippen molar-refractivity contribution in [2.45, 2.75) is 6.61 Å². The van der Waals surface area contributed by atoms with E-state index in [9.17, 15) is 5.26 Å². The lowest BCUT2D eigenvalue weighted by atomic mass is 10.0. The maximum atomic E-state index is 9.60. The molecule has 148 valence electrons. The molecule has 3 aromatic rings. The average Bonchev–Trinajstić information content (AvgIpc) is 2.77. The van der Waals surface area contributed by atoms with Crippen molar-refractivity contribution in [3.05, 3.63) is 91.5 Å². The summed E-state index contributed by atoms with van der Waals surface area (Å²) >= 11 is 8.39. The van der Waals surface area contributed by atoms with E-state index in [0.29, 0.717) is 34.3 Å². The van der Waals surface area contributed by atoms with E-state index in [2.05, 4.69) is 34.7 Å². The van der Waals surface area contributed by atoms with Gasteiger partial charge in [0.25, 0.3) is 0 Å². The van der Waals surface area contributed by atoms with Crippen molar-refractivity contribution in [2.24, 2.45) is 0 Å². The molecule has 0 aliphatic rings. The quantitative estimate of drug-likeness (QED) is 0.210. The number of methoxy groups -OCH3 is 1. The van der Waals surface area contributed by atoms with Crippen molar-refractivity contribution in [3.8, 4) is 23.6 Å². The van der Waals surface area contributed by atoms with Crippen LogP contribution in [0.1, 0.15) is 22.3 Å². The number of halogens is 2. The molecule has 0 N–H and O–H groups in total. The molecular weight excluding hydrogens is 511 g/mol. The van der Waals surface area contributed by atoms with Gasteiger partial charge in [-0.1, -0.05) is 41.9 Å². The molecule has 0 saturated heterocycles.